The van der Waals surface area contributed by atoms with Crippen LogP contribution in [0.1, 0.15) is 10.5 Å². The van der Waals surface area contributed by atoms with Crippen molar-refractivity contribution in [1.29, 1.82) is 0 Å². The van der Waals surface area contributed by atoms with Gasteiger partial charge in [0, 0.05) is 0 Å². The van der Waals surface area contributed by atoms with Gasteiger partial charge in [0.05, 0.1) is 5.69 Å². The van der Waals surface area contributed by atoms with Gasteiger partial charge in [0.15, 0.2) is 0 Å². The minimum absolute atomic E-state index is 0.0710. The van der Waals surface area contributed by atoms with E-state index in [2.05, 4.69) is 10.3 Å². The van der Waals surface area contributed by atoms with Crippen molar-refractivity contribution in [3.63, 3.8) is 0 Å². The van der Waals surface area contributed by atoms with Gasteiger partial charge in [-0.3, -0.25) is 4.79 Å². The fourth-order valence-electron chi connectivity index (χ4n) is 1.54. The van der Waals surface area contributed by atoms with Gasteiger partial charge >= 0.3 is 0 Å². The molecule has 0 atom stereocenters. The summed E-state index contributed by atoms with van der Waals surface area (Å²) in [6, 6.07) is 10.4. The standard InChI is InChI=1S/C12H10ClN3O3S/c13-11-7-3-5-9(15-11)12(17)16-8-4-1-2-6-10(8)20(14,18)19/h1-7H,(H,16,17)(H2,14,18,19). The minimum atomic E-state index is -3.93. The highest BCUT2D eigenvalue weighted by molar-refractivity contribution is 7.89. The third kappa shape index (κ3) is 3.32. The van der Waals surface area contributed by atoms with E-state index in [0.717, 1.165) is 0 Å². The molecule has 2 rings (SSSR count). The lowest BCUT2D eigenvalue weighted by Gasteiger charge is -2.09. The lowest BCUT2D eigenvalue weighted by Crippen LogP contribution is -2.19. The third-order valence-corrected chi connectivity index (χ3v) is 3.57. The first-order valence-electron chi connectivity index (χ1n) is 5.43. The van der Waals surface area contributed by atoms with Gasteiger partial charge < -0.3 is 5.32 Å². The molecule has 1 aromatic carbocycles. The van der Waals surface area contributed by atoms with E-state index in [1.165, 1.54) is 30.3 Å². The van der Waals surface area contributed by atoms with Crippen molar-refractivity contribution in [2.24, 2.45) is 5.14 Å². The summed E-state index contributed by atoms with van der Waals surface area (Å²) in [5.74, 6) is -0.580. The number of pyridine rings is 1. The van der Waals surface area contributed by atoms with Gasteiger partial charge in [0.25, 0.3) is 5.91 Å². The number of sulfonamides is 1. The second-order valence-corrected chi connectivity index (χ2v) is 5.76. The number of benzene rings is 1. The zero-order valence-electron chi connectivity index (χ0n) is 10.1. The fraction of sp³-hybridized carbons (Fsp3) is 0. The summed E-state index contributed by atoms with van der Waals surface area (Å²) in [7, 11) is -3.93. The maximum absolute atomic E-state index is 12.0. The first kappa shape index (κ1) is 14.4. The molecule has 0 aliphatic heterocycles. The number of nitrogens with two attached hydrogens (primary N) is 1. The molecule has 1 heterocycles. The van der Waals surface area contributed by atoms with Gasteiger partial charge in [-0.2, -0.15) is 0 Å². The molecule has 0 aliphatic carbocycles. The molecule has 0 bridgehead atoms. The molecule has 8 heteroatoms. The summed E-state index contributed by atoms with van der Waals surface area (Å²) < 4.78 is 22.8. The number of hydrogen-bond acceptors (Lipinski definition) is 4. The third-order valence-electron chi connectivity index (χ3n) is 2.39. The molecule has 0 spiro atoms. The number of para-hydroxylation sites is 1. The number of aromatic nitrogens is 1. The van der Waals surface area contributed by atoms with Crippen LogP contribution in [0, 0.1) is 0 Å². The summed E-state index contributed by atoms with van der Waals surface area (Å²) in [6.07, 6.45) is 0. The van der Waals surface area contributed by atoms with E-state index in [9.17, 15) is 13.2 Å². The number of primary sulfonamides is 1. The van der Waals surface area contributed by atoms with Crippen molar-refractivity contribution < 1.29 is 13.2 Å². The van der Waals surface area contributed by atoms with Gasteiger partial charge in [0.2, 0.25) is 10.0 Å². The number of carbonyl (C=O) groups excluding carboxylic acids is 1. The number of nitrogens with one attached hydrogen (secondary N) is 1. The minimum Gasteiger partial charge on any atom is -0.319 e. The Labute approximate surface area is 120 Å². The lowest BCUT2D eigenvalue weighted by molar-refractivity contribution is 0.102. The largest absolute Gasteiger partial charge is 0.319 e. The van der Waals surface area contributed by atoms with Crippen molar-refractivity contribution >= 4 is 33.2 Å². The summed E-state index contributed by atoms with van der Waals surface area (Å²) in [5.41, 5.74) is 0.156. The molecule has 2 aromatic rings. The Bertz CT molecular complexity index is 762. The molecular weight excluding hydrogens is 302 g/mol. The van der Waals surface area contributed by atoms with Crippen LogP contribution in [0.2, 0.25) is 5.15 Å². The number of halogens is 1. The van der Waals surface area contributed by atoms with Crippen LogP contribution in [-0.4, -0.2) is 19.3 Å². The predicted molar refractivity (Wildman–Crippen MR) is 75.0 cm³/mol. The second kappa shape index (κ2) is 5.58. The van der Waals surface area contributed by atoms with Crippen LogP contribution >= 0.6 is 11.6 Å². The topological polar surface area (TPSA) is 102 Å². The zero-order chi connectivity index (χ0) is 14.8. The van der Waals surface area contributed by atoms with Gasteiger partial charge in [-0.15, -0.1) is 0 Å². The van der Waals surface area contributed by atoms with E-state index < -0.39 is 15.9 Å². The molecule has 0 saturated carbocycles. The van der Waals surface area contributed by atoms with Crippen molar-refractivity contribution in [2.45, 2.75) is 4.90 Å². The molecule has 6 nitrogen and oxygen atoms in total. The number of amides is 1. The summed E-state index contributed by atoms with van der Waals surface area (Å²) in [5, 5.41) is 7.69. The maximum Gasteiger partial charge on any atom is 0.274 e. The fourth-order valence-corrected chi connectivity index (χ4v) is 2.40. The van der Waals surface area contributed by atoms with Gasteiger partial charge in [-0.1, -0.05) is 29.8 Å². The summed E-state index contributed by atoms with van der Waals surface area (Å²) >= 11 is 5.69. The Hall–Kier alpha value is -1.96. The van der Waals surface area contributed by atoms with E-state index in [4.69, 9.17) is 16.7 Å². The first-order valence-corrected chi connectivity index (χ1v) is 7.36. The van der Waals surface area contributed by atoms with Crippen LogP contribution in [0.15, 0.2) is 47.4 Å². The average Bonchev–Trinajstić information content (AvgIpc) is 2.38. The highest BCUT2D eigenvalue weighted by Crippen LogP contribution is 2.20. The van der Waals surface area contributed by atoms with Crippen LogP contribution in [-0.2, 0) is 10.0 Å². The Kier molecular flexibility index (Phi) is 4.03. The Balaban J connectivity index is 2.34. The molecule has 0 unspecified atom stereocenters. The van der Waals surface area contributed by atoms with Crippen LogP contribution < -0.4 is 10.5 Å². The van der Waals surface area contributed by atoms with Crippen LogP contribution in [0.3, 0.4) is 0 Å². The van der Waals surface area contributed by atoms with Crippen LogP contribution in [0.25, 0.3) is 0 Å². The molecule has 1 aromatic heterocycles. The molecule has 0 fully saturated rings. The molecule has 20 heavy (non-hydrogen) atoms. The van der Waals surface area contributed by atoms with Crippen LogP contribution in [0.5, 0.6) is 0 Å². The number of carbonyl (C=O) groups is 1. The molecule has 3 N–H and O–H groups in total. The second-order valence-electron chi connectivity index (χ2n) is 3.84. The van der Waals surface area contributed by atoms with Crippen molar-refractivity contribution in [3.8, 4) is 0 Å². The van der Waals surface area contributed by atoms with Gasteiger partial charge in [0.1, 0.15) is 15.7 Å². The van der Waals surface area contributed by atoms with E-state index in [-0.39, 0.29) is 21.4 Å². The molecule has 0 aliphatic rings. The van der Waals surface area contributed by atoms with Crippen molar-refractivity contribution in [1.82, 2.24) is 4.98 Å². The molecule has 0 saturated heterocycles. The quantitative estimate of drug-likeness (QED) is 0.841. The molecule has 0 radical (unpaired) electrons. The Morgan fingerprint density at radius 3 is 2.50 bits per heavy atom. The SMILES string of the molecule is NS(=O)(=O)c1ccccc1NC(=O)c1cccc(Cl)n1. The van der Waals surface area contributed by atoms with E-state index in [1.807, 2.05) is 0 Å². The molecular formula is C12H10ClN3O3S. The number of nitrogens with zero attached hydrogens (tertiary/aromatic N) is 1. The normalized spacial score (nSPS) is 11.1. The molecule has 1 amide bonds. The van der Waals surface area contributed by atoms with Gasteiger partial charge in [-0.05, 0) is 24.3 Å². The zero-order valence-corrected chi connectivity index (χ0v) is 11.6. The number of anilines is 1. The first-order chi connectivity index (χ1) is 9.38. The van der Waals surface area contributed by atoms with Crippen molar-refractivity contribution in [2.75, 3.05) is 5.32 Å². The Morgan fingerprint density at radius 2 is 1.85 bits per heavy atom. The average molecular weight is 312 g/mol. The highest BCUT2D eigenvalue weighted by Gasteiger charge is 2.16. The summed E-state index contributed by atoms with van der Waals surface area (Å²) in [4.78, 5) is 15.6. The summed E-state index contributed by atoms with van der Waals surface area (Å²) in [6.45, 7) is 0. The van der Waals surface area contributed by atoms with Gasteiger partial charge in [-0.25, -0.2) is 18.5 Å². The Morgan fingerprint density at radius 1 is 1.15 bits per heavy atom. The van der Waals surface area contributed by atoms with E-state index >= 15 is 0 Å². The number of rotatable bonds is 3. The predicted octanol–water partition coefficient (Wildman–Crippen LogP) is 1.63. The van der Waals surface area contributed by atoms with E-state index in [1.54, 1.807) is 12.1 Å². The maximum atomic E-state index is 12.0. The van der Waals surface area contributed by atoms with Crippen LogP contribution in [0.4, 0.5) is 5.69 Å². The van der Waals surface area contributed by atoms with E-state index in [0.29, 0.717) is 0 Å². The molecule has 104 valence electrons. The monoisotopic (exact) mass is 311 g/mol. The smallest absolute Gasteiger partial charge is 0.274 e. The lowest BCUT2D eigenvalue weighted by atomic mass is 10.3. The highest BCUT2D eigenvalue weighted by atomic mass is 35.5. The number of hydrogen-bond donors (Lipinski definition) is 2. The van der Waals surface area contributed by atoms with Crippen molar-refractivity contribution in [3.05, 3.63) is 53.3 Å².